The predicted molar refractivity (Wildman–Crippen MR) is 146 cm³/mol. The lowest BCUT2D eigenvalue weighted by atomic mass is 10.0. The summed E-state index contributed by atoms with van der Waals surface area (Å²) in [6.07, 6.45) is 0. The minimum absolute atomic E-state index is 0.0106. The van der Waals surface area contributed by atoms with Crippen molar-refractivity contribution in [2.24, 2.45) is 10.3 Å². The van der Waals surface area contributed by atoms with Gasteiger partial charge in [0, 0.05) is 27.7 Å². The van der Waals surface area contributed by atoms with E-state index in [1.807, 2.05) is 24.3 Å². The van der Waals surface area contributed by atoms with E-state index in [1.165, 1.54) is 36.4 Å². The van der Waals surface area contributed by atoms with Gasteiger partial charge in [-0.25, -0.2) is 32.1 Å². The first kappa shape index (κ1) is 25.3. The molecule has 0 fully saturated rings. The number of amides is 1. The van der Waals surface area contributed by atoms with E-state index in [-0.39, 0.29) is 9.79 Å². The van der Waals surface area contributed by atoms with Crippen molar-refractivity contribution < 1.29 is 21.6 Å². The second kappa shape index (κ2) is 9.50. The van der Waals surface area contributed by atoms with Crippen molar-refractivity contribution >= 4 is 64.8 Å². The Bertz CT molecular complexity index is 1920. The van der Waals surface area contributed by atoms with E-state index in [0.717, 1.165) is 10.9 Å². The van der Waals surface area contributed by atoms with Gasteiger partial charge in [-0.15, -0.1) is 0 Å². The Balaban J connectivity index is 1.54. The van der Waals surface area contributed by atoms with Crippen LogP contribution in [0.25, 0.3) is 21.8 Å². The average molecular weight is 548 g/mol. The quantitative estimate of drug-likeness (QED) is 0.235. The molecule has 0 spiro atoms. The smallest absolute Gasteiger partial charge is 0.255 e. The molecule has 1 amide bonds. The number of nitrogens with zero attached hydrogens (tertiary/aromatic N) is 1. The fourth-order valence-electron chi connectivity index (χ4n) is 3.97. The predicted octanol–water partition coefficient (Wildman–Crippen LogP) is 3.68. The molecule has 1 heterocycles. The highest BCUT2D eigenvalue weighted by Gasteiger charge is 2.15. The molecule has 0 bridgehead atoms. The van der Waals surface area contributed by atoms with Crippen LogP contribution in [-0.2, 0) is 20.0 Å². The van der Waals surface area contributed by atoms with E-state index in [1.54, 1.807) is 30.3 Å². The van der Waals surface area contributed by atoms with Crippen LogP contribution in [0.4, 0.5) is 17.1 Å². The van der Waals surface area contributed by atoms with Crippen molar-refractivity contribution in [3.8, 4) is 0 Å². The number of primary sulfonamides is 2. The Labute approximate surface area is 218 Å². The maximum atomic E-state index is 13.0. The van der Waals surface area contributed by atoms with Crippen molar-refractivity contribution in [3.63, 3.8) is 0 Å². The van der Waals surface area contributed by atoms with Gasteiger partial charge in [-0.2, -0.15) is 0 Å². The Kier molecular flexibility index (Phi) is 6.33. The highest BCUT2D eigenvalue weighted by atomic mass is 32.2. The zero-order valence-electron chi connectivity index (χ0n) is 19.6. The summed E-state index contributed by atoms with van der Waals surface area (Å²) in [7, 11) is -7.68. The molecule has 0 saturated carbocycles. The molecule has 0 aliphatic rings. The number of hydrogen-bond donors (Lipinski definition) is 4. The zero-order valence-corrected chi connectivity index (χ0v) is 21.3. The molecule has 5 aromatic rings. The van der Waals surface area contributed by atoms with Gasteiger partial charge < -0.3 is 10.6 Å². The number of aromatic nitrogens is 1. The lowest BCUT2D eigenvalue weighted by Gasteiger charge is -2.15. The Hall–Kier alpha value is -4.36. The first-order valence-corrected chi connectivity index (χ1v) is 14.2. The summed E-state index contributed by atoms with van der Waals surface area (Å²) in [6, 6.07) is 24.1. The largest absolute Gasteiger partial charge is 0.354 e. The maximum Gasteiger partial charge on any atom is 0.255 e. The van der Waals surface area contributed by atoms with E-state index in [9.17, 15) is 21.6 Å². The van der Waals surface area contributed by atoms with Crippen LogP contribution in [0.5, 0.6) is 0 Å². The SMILES string of the molecule is NS(=O)(=O)c1ccc(NC(=O)c2ccc3nc4ccccc4c(Nc4ccc(S(N)(=O)=O)cc4)c3c2)cc1. The van der Waals surface area contributed by atoms with Crippen LogP contribution in [0, 0.1) is 0 Å². The Morgan fingerprint density at radius 1 is 0.658 bits per heavy atom. The first-order chi connectivity index (χ1) is 18.0. The third-order valence-corrected chi connectivity index (χ3v) is 7.69. The van der Waals surface area contributed by atoms with Crippen LogP contribution in [0.2, 0.25) is 0 Å². The molecule has 0 unspecified atom stereocenters. The minimum Gasteiger partial charge on any atom is -0.354 e. The molecular formula is C26H21N5O5S2. The number of rotatable bonds is 6. The molecule has 0 radical (unpaired) electrons. The fraction of sp³-hybridized carbons (Fsp3) is 0. The van der Waals surface area contributed by atoms with E-state index >= 15 is 0 Å². The van der Waals surface area contributed by atoms with E-state index in [2.05, 4.69) is 10.6 Å². The van der Waals surface area contributed by atoms with Gasteiger partial charge in [-0.1, -0.05) is 18.2 Å². The molecule has 6 N–H and O–H groups in total. The van der Waals surface area contributed by atoms with Gasteiger partial charge in [-0.3, -0.25) is 4.79 Å². The normalized spacial score (nSPS) is 11.9. The van der Waals surface area contributed by atoms with Gasteiger partial charge in [-0.05, 0) is 72.8 Å². The van der Waals surface area contributed by atoms with Crippen molar-refractivity contribution in [2.45, 2.75) is 9.79 Å². The fourth-order valence-corrected chi connectivity index (χ4v) is 5.00. The van der Waals surface area contributed by atoms with E-state index in [4.69, 9.17) is 15.3 Å². The van der Waals surface area contributed by atoms with Crippen LogP contribution < -0.4 is 20.9 Å². The highest BCUT2D eigenvalue weighted by molar-refractivity contribution is 7.89. The number of para-hydroxylation sites is 1. The van der Waals surface area contributed by atoms with Crippen LogP contribution in [-0.4, -0.2) is 27.7 Å². The molecule has 12 heteroatoms. The molecule has 1 aromatic heterocycles. The third-order valence-electron chi connectivity index (χ3n) is 5.84. The van der Waals surface area contributed by atoms with Gasteiger partial charge in [0.1, 0.15) is 0 Å². The maximum absolute atomic E-state index is 13.0. The van der Waals surface area contributed by atoms with Gasteiger partial charge in [0.15, 0.2) is 0 Å². The number of anilines is 3. The average Bonchev–Trinajstić information content (AvgIpc) is 2.88. The third kappa shape index (κ3) is 5.19. The van der Waals surface area contributed by atoms with Crippen LogP contribution in [0.15, 0.2) is 101 Å². The summed E-state index contributed by atoms with van der Waals surface area (Å²) < 4.78 is 46.2. The Morgan fingerprint density at radius 2 is 1.21 bits per heavy atom. The number of pyridine rings is 1. The van der Waals surface area contributed by atoms with Gasteiger partial charge in [0.2, 0.25) is 20.0 Å². The monoisotopic (exact) mass is 547 g/mol. The van der Waals surface area contributed by atoms with Gasteiger partial charge in [0.25, 0.3) is 5.91 Å². The second-order valence-corrected chi connectivity index (χ2v) is 11.6. The van der Waals surface area contributed by atoms with Crippen LogP contribution >= 0.6 is 0 Å². The molecule has 0 atom stereocenters. The summed E-state index contributed by atoms with van der Waals surface area (Å²) in [5, 5.41) is 17.9. The van der Waals surface area contributed by atoms with Crippen LogP contribution in [0.3, 0.4) is 0 Å². The molecule has 10 nitrogen and oxygen atoms in total. The molecule has 0 saturated heterocycles. The van der Waals surface area contributed by atoms with Crippen LogP contribution in [0.1, 0.15) is 10.4 Å². The summed E-state index contributed by atoms with van der Waals surface area (Å²) in [5.74, 6) is -0.410. The highest BCUT2D eigenvalue weighted by Crippen LogP contribution is 2.34. The molecule has 38 heavy (non-hydrogen) atoms. The van der Waals surface area contributed by atoms with Crippen molar-refractivity contribution in [3.05, 3.63) is 96.6 Å². The molecular weight excluding hydrogens is 526 g/mol. The number of nitrogens with one attached hydrogen (secondary N) is 2. The standard InChI is InChI=1S/C26H21N5O5S2/c27-37(33,34)19-10-6-17(7-11-19)29-25-21-3-1-2-4-23(21)31-24-14-5-16(15-22(24)25)26(32)30-18-8-12-20(13-9-18)38(28,35)36/h1-15H,(H,29,31)(H,30,32)(H2,27,33,34)(H2,28,35,36). The lowest BCUT2D eigenvalue weighted by Crippen LogP contribution is -2.14. The van der Waals surface area contributed by atoms with Crippen molar-refractivity contribution in [2.75, 3.05) is 10.6 Å². The number of carbonyl (C=O) groups excluding carboxylic acids is 1. The summed E-state index contributed by atoms with van der Waals surface area (Å²) in [5.41, 5.74) is 3.41. The molecule has 192 valence electrons. The Morgan fingerprint density at radius 3 is 1.82 bits per heavy atom. The van der Waals surface area contributed by atoms with Crippen molar-refractivity contribution in [1.29, 1.82) is 0 Å². The molecule has 0 aliphatic heterocycles. The molecule has 0 aliphatic carbocycles. The topological polar surface area (TPSA) is 174 Å². The number of hydrogen-bond acceptors (Lipinski definition) is 7. The minimum atomic E-state index is -3.85. The first-order valence-electron chi connectivity index (χ1n) is 11.2. The number of sulfonamides is 2. The number of fused-ring (bicyclic) bond motifs is 2. The van der Waals surface area contributed by atoms with Gasteiger partial charge >= 0.3 is 0 Å². The van der Waals surface area contributed by atoms with E-state index in [0.29, 0.717) is 33.5 Å². The molecule has 5 rings (SSSR count). The number of benzene rings is 4. The zero-order chi connectivity index (χ0) is 27.1. The number of carbonyl (C=O) groups is 1. The van der Waals surface area contributed by atoms with Gasteiger partial charge in [0.05, 0.1) is 26.5 Å². The summed E-state index contributed by atoms with van der Waals surface area (Å²) in [6.45, 7) is 0. The van der Waals surface area contributed by atoms with Crippen molar-refractivity contribution in [1.82, 2.24) is 4.98 Å². The molecule has 4 aromatic carbocycles. The second-order valence-electron chi connectivity index (χ2n) is 8.45. The number of nitrogens with two attached hydrogens (primary N) is 2. The summed E-state index contributed by atoms with van der Waals surface area (Å²) in [4.78, 5) is 17.7. The summed E-state index contributed by atoms with van der Waals surface area (Å²) >= 11 is 0. The van der Waals surface area contributed by atoms with E-state index < -0.39 is 26.0 Å². The lowest BCUT2D eigenvalue weighted by molar-refractivity contribution is 0.102.